The van der Waals surface area contributed by atoms with Crippen molar-refractivity contribution in [1.29, 1.82) is 0 Å². The van der Waals surface area contributed by atoms with Crippen LogP contribution in [0.3, 0.4) is 0 Å². The number of hydrogen-bond donors (Lipinski definition) is 0. The van der Waals surface area contributed by atoms with Gasteiger partial charge in [-0.15, -0.1) is 0 Å². The van der Waals surface area contributed by atoms with Gasteiger partial charge in [0.05, 0.1) is 12.2 Å². The largest absolute Gasteiger partial charge is 0.493 e. The maximum absolute atomic E-state index is 12.3. The lowest BCUT2D eigenvalue weighted by molar-refractivity contribution is -0.137. The summed E-state index contributed by atoms with van der Waals surface area (Å²) in [5.74, 6) is 0.325. The summed E-state index contributed by atoms with van der Waals surface area (Å²) in [5.41, 5.74) is 0.0794. The van der Waals surface area contributed by atoms with E-state index in [9.17, 15) is 13.2 Å². The molecule has 0 saturated carbocycles. The molecule has 14 heavy (non-hydrogen) atoms. The van der Waals surface area contributed by atoms with Crippen LogP contribution in [0.1, 0.15) is 17.5 Å². The Morgan fingerprint density at radius 1 is 1.21 bits per heavy atom. The number of alkyl halides is 3. The molecule has 0 unspecified atom stereocenters. The number of halogens is 3. The smallest absolute Gasteiger partial charge is 0.416 e. The first-order chi connectivity index (χ1) is 6.57. The van der Waals surface area contributed by atoms with Gasteiger partial charge in [0.15, 0.2) is 0 Å². The molecular formula is C10H8F3O. The quantitative estimate of drug-likeness (QED) is 0.626. The van der Waals surface area contributed by atoms with Crippen LogP contribution >= 0.6 is 0 Å². The fourth-order valence-corrected chi connectivity index (χ4v) is 1.39. The molecule has 1 heterocycles. The molecule has 0 fully saturated rings. The van der Waals surface area contributed by atoms with E-state index in [1.165, 1.54) is 6.07 Å². The van der Waals surface area contributed by atoms with E-state index in [0.29, 0.717) is 12.4 Å². The average molecular weight is 201 g/mol. The Bertz CT molecular complexity index is 344. The highest BCUT2D eigenvalue weighted by Crippen LogP contribution is 2.35. The number of fused-ring (bicyclic) bond motifs is 1. The standard InChI is InChI=1S/C10H8F3O/c11-10(12,13)8-4-3-7-2-1-5-14-9(7)6-8/h2-4,6H,1,5H2. The normalized spacial score (nSPS) is 15.9. The van der Waals surface area contributed by atoms with E-state index in [0.717, 1.165) is 24.1 Å². The maximum atomic E-state index is 12.3. The molecule has 1 aliphatic rings. The Balaban J connectivity index is 2.39. The van der Waals surface area contributed by atoms with Gasteiger partial charge >= 0.3 is 6.18 Å². The van der Waals surface area contributed by atoms with Crippen molar-refractivity contribution in [1.82, 2.24) is 0 Å². The topological polar surface area (TPSA) is 9.23 Å². The summed E-state index contributed by atoms with van der Waals surface area (Å²) in [6, 6.07) is 3.56. The Morgan fingerprint density at radius 3 is 2.71 bits per heavy atom. The number of benzene rings is 1. The molecule has 1 nitrogen and oxygen atoms in total. The molecule has 0 amide bonds. The summed E-state index contributed by atoms with van der Waals surface area (Å²) >= 11 is 0. The van der Waals surface area contributed by atoms with Crippen LogP contribution in [0.5, 0.6) is 5.75 Å². The van der Waals surface area contributed by atoms with E-state index >= 15 is 0 Å². The summed E-state index contributed by atoms with van der Waals surface area (Å²) in [6.07, 6.45) is -1.67. The number of hydrogen-bond acceptors (Lipinski definition) is 1. The van der Waals surface area contributed by atoms with Gasteiger partial charge in [-0.05, 0) is 30.5 Å². The van der Waals surface area contributed by atoms with Gasteiger partial charge in [0.2, 0.25) is 0 Å². The molecule has 0 aliphatic carbocycles. The summed E-state index contributed by atoms with van der Waals surface area (Å²) in [7, 11) is 0. The molecule has 1 aromatic rings. The van der Waals surface area contributed by atoms with E-state index in [4.69, 9.17) is 4.74 Å². The van der Waals surface area contributed by atoms with E-state index in [1.807, 2.05) is 6.42 Å². The maximum Gasteiger partial charge on any atom is 0.416 e. The second-order valence-corrected chi connectivity index (χ2v) is 3.09. The molecule has 0 N–H and O–H groups in total. The third-order valence-corrected chi connectivity index (χ3v) is 2.08. The van der Waals surface area contributed by atoms with Gasteiger partial charge in [-0.2, -0.15) is 13.2 Å². The molecule has 1 radical (unpaired) electrons. The molecule has 1 aliphatic heterocycles. The van der Waals surface area contributed by atoms with Crippen molar-refractivity contribution in [2.75, 3.05) is 6.61 Å². The molecule has 0 saturated heterocycles. The van der Waals surface area contributed by atoms with Crippen LogP contribution in [-0.2, 0) is 6.18 Å². The summed E-state index contributed by atoms with van der Waals surface area (Å²) in [5, 5.41) is 0. The first-order valence-corrected chi connectivity index (χ1v) is 4.24. The third-order valence-electron chi connectivity index (χ3n) is 2.08. The summed E-state index contributed by atoms with van der Waals surface area (Å²) in [4.78, 5) is 0. The fourth-order valence-electron chi connectivity index (χ4n) is 1.39. The number of rotatable bonds is 0. The molecule has 2 rings (SSSR count). The Kier molecular flexibility index (Phi) is 2.13. The first-order valence-electron chi connectivity index (χ1n) is 4.24. The van der Waals surface area contributed by atoms with E-state index in [2.05, 4.69) is 0 Å². The summed E-state index contributed by atoms with van der Waals surface area (Å²) in [6.45, 7) is 0.453. The minimum atomic E-state index is -4.30. The van der Waals surface area contributed by atoms with Gasteiger partial charge in [0.1, 0.15) is 5.75 Å². The highest BCUT2D eigenvalue weighted by atomic mass is 19.4. The van der Waals surface area contributed by atoms with Crippen molar-refractivity contribution in [3.05, 3.63) is 35.7 Å². The second-order valence-electron chi connectivity index (χ2n) is 3.09. The molecule has 0 atom stereocenters. The van der Waals surface area contributed by atoms with Crippen molar-refractivity contribution < 1.29 is 17.9 Å². The minimum absolute atomic E-state index is 0.325. The van der Waals surface area contributed by atoms with Gasteiger partial charge in [-0.25, -0.2) is 0 Å². The fraction of sp³-hybridized carbons (Fsp3) is 0.300. The predicted molar refractivity (Wildman–Crippen MR) is 45.0 cm³/mol. The number of ether oxygens (including phenoxy) is 1. The minimum Gasteiger partial charge on any atom is -0.493 e. The average Bonchev–Trinajstić information content (AvgIpc) is 2.16. The monoisotopic (exact) mass is 201 g/mol. The highest BCUT2D eigenvalue weighted by Gasteiger charge is 2.31. The SMILES string of the molecule is FC(F)(F)c1ccc2c(c1)OCC[CH]2. The first kappa shape index (κ1) is 9.37. The predicted octanol–water partition coefficient (Wildman–Crippen LogP) is 3.04. The van der Waals surface area contributed by atoms with Gasteiger partial charge in [-0.1, -0.05) is 6.07 Å². The zero-order chi connectivity index (χ0) is 10.2. The molecule has 75 valence electrons. The zero-order valence-corrected chi connectivity index (χ0v) is 7.27. The Morgan fingerprint density at radius 2 is 2.00 bits per heavy atom. The van der Waals surface area contributed by atoms with Crippen molar-refractivity contribution in [3.63, 3.8) is 0 Å². The molecule has 4 heteroatoms. The molecule has 1 aromatic carbocycles. The van der Waals surface area contributed by atoms with Gasteiger partial charge < -0.3 is 4.74 Å². The Labute approximate surface area is 79.5 Å². The van der Waals surface area contributed by atoms with Crippen molar-refractivity contribution in [2.24, 2.45) is 0 Å². The van der Waals surface area contributed by atoms with Crippen LogP contribution in [-0.4, -0.2) is 6.61 Å². The van der Waals surface area contributed by atoms with E-state index < -0.39 is 11.7 Å². The van der Waals surface area contributed by atoms with Crippen molar-refractivity contribution >= 4 is 0 Å². The van der Waals surface area contributed by atoms with Crippen LogP contribution in [0.25, 0.3) is 0 Å². The molecule has 0 aromatic heterocycles. The highest BCUT2D eigenvalue weighted by molar-refractivity contribution is 5.43. The van der Waals surface area contributed by atoms with Crippen LogP contribution in [0.2, 0.25) is 0 Å². The lowest BCUT2D eigenvalue weighted by atomic mass is 10.0. The van der Waals surface area contributed by atoms with Gasteiger partial charge in [-0.3, -0.25) is 0 Å². The van der Waals surface area contributed by atoms with E-state index in [-0.39, 0.29) is 0 Å². The zero-order valence-electron chi connectivity index (χ0n) is 7.27. The van der Waals surface area contributed by atoms with Crippen molar-refractivity contribution in [3.8, 4) is 5.75 Å². The van der Waals surface area contributed by atoms with Crippen molar-refractivity contribution in [2.45, 2.75) is 12.6 Å². The van der Waals surface area contributed by atoms with Crippen LogP contribution in [0, 0.1) is 6.42 Å². The molecule has 0 spiro atoms. The van der Waals surface area contributed by atoms with Crippen LogP contribution in [0.4, 0.5) is 13.2 Å². The Hall–Kier alpha value is -1.19. The second kappa shape index (κ2) is 3.19. The van der Waals surface area contributed by atoms with E-state index in [1.54, 1.807) is 0 Å². The molecular weight excluding hydrogens is 193 g/mol. The molecule has 0 bridgehead atoms. The summed E-state index contributed by atoms with van der Waals surface area (Å²) < 4.78 is 42.0. The third kappa shape index (κ3) is 1.69. The van der Waals surface area contributed by atoms with Gasteiger partial charge in [0.25, 0.3) is 0 Å². The lowest BCUT2D eigenvalue weighted by Crippen LogP contribution is -2.10. The lowest BCUT2D eigenvalue weighted by Gasteiger charge is -2.18. The van der Waals surface area contributed by atoms with Crippen LogP contribution in [0.15, 0.2) is 18.2 Å². The van der Waals surface area contributed by atoms with Gasteiger partial charge in [0, 0.05) is 0 Å². The van der Waals surface area contributed by atoms with Crippen LogP contribution < -0.4 is 4.74 Å².